The van der Waals surface area contributed by atoms with Crippen LogP contribution in [0.1, 0.15) is 11.3 Å². The van der Waals surface area contributed by atoms with Gasteiger partial charge in [-0.3, -0.25) is 0 Å². The smallest absolute Gasteiger partial charge is 0.384 e. The van der Waals surface area contributed by atoms with Gasteiger partial charge in [0.1, 0.15) is 5.82 Å². The van der Waals surface area contributed by atoms with Gasteiger partial charge in [-0.2, -0.15) is 13.2 Å². The van der Waals surface area contributed by atoms with Crippen LogP contribution in [0.15, 0.2) is 42.5 Å². The monoisotopic (exact) mass is 267 g/mol. The summed E-state index contributed by atoms with van der Waals surface area (Å²) in [7, 11) is 0. The second-order valence-electron chi connectivity index (χ2n) is 3.99. The summed E-state index contributed by atoms with van der Waals surface area (Å²) >= 11 is 0. The molecular formula is C13H12F3N3. The molecule has 3 N–H and O–H groups in total. The standard InChI is InChI=1S/C13H12F3N3/c14-13(15,16)9-3-1-4-10(7-9)18-8-11-5-2-6-12(17)19-11/h1-7,18H,8H2,(H2,17,19). The highest BCUT2D eigenvalue weighted by Gasteiger charge is 2.30. The number of hydrogen-bond donors (Lipinski definition) is 2. The van der Waals surface area contributed by atoms with Gasteiger partial charge in [-0.25, -0.2) is 4.98 Å². The molecule has 1 heterocycles. The van der Waals surface area contributed by atoms with Crippen molar-refractivity contribution >= 4 is 11.5 Å². The fourth-order valence-electron chi connectivity index (χ4n) is 1.59. The molecule has 0 unspecified atom stereocenters. The van der Waals surface area contributed by atoms with Crippen molar-refractivity contribution in [1.29, 1.82) is 0 Å². The number of alkyl halides is 3. The maximum Gasteiger partial charge on any atom is 0.416 e. The lowest BCUT2D eigenvalue weighted by Gasteiger charge is -2.10. The van der Waals surface area contributed by atoms with Gasteiger partial charge in [-0.1, -0.05) is 12.1 Å². The molecule has 100 valence electrons. The SMILES string of the molecule is Nc1cccc(CNc2cccc(C(F)(F)F)c2)n1. The number of anilines is 2. The lowest BCUT2D eigenvalue weighted by Crippen LogP contribution is -2.07. The Morgan fingerprint density at radius 2 is 1.84 bits per heavy atom. The van der Waals surface area contributed by atoms with Crippen LogP contribution in [-0.4, -0.2) is 4.98 Å². The van der Waals surface area contributed by atoms with Crippen LogP contribution in [0.3, 0.4) is 0 Å². The zero-order valence-corrected chi connectivity index (χ0v) is 9.91. The Hall–Kier alpha value is -2.24. The van der Waals surface area contributed by atoms with Crippen molar-refractivity contribution in [2.75, 3.05) is 11.1 Å². The van der Waals surface area contributed by atoms with Crippen molar-refractivity contribution in [3.05, 3.63) is 53.7 Å². The minimum Gasteiger partial charge on any atom is -0.384 e. The summed E-state index contributed by atoms with van der Waals surface area (Å²) in [5, 5.41) is 2.88. The number of nitrogens with two attached hydrogens (primary N) is 1. The first-order valence-electron chi connectivity index (χ1n) is 5.58. The highest BCUT2D eigenvalue weighted by molar-refractivity contribution is 5.46. The Morgan fingerprint density at radius 3 is 2.53 bits per heavy atom. The zero-order chi connectivity index (χ0) is 13.9. The van der Waals surface area contributed by atoms with E-state index in [1.165, 1.54) is 6.07 Å². The predicted molar refractivity (Wildman–Crippen MR) is 67.4 cm³/mol. The molecule has 0 amide bonds. The molecule has 0 saturated heterocycles. The number of nitrogens with zero attached hydrogens (tertiary/aromatic N) is 1. The largest absolute Gasteiger partial charge is 0.416 e. The van der Waals surface area contributed by atoms with E-state index in [2.05, 4.69) is 10.3 Å². The Morgan fingerprint density at radius 1 is 1.11 bits per heavy atom. The second-order valence-corrected chi connectivity index (χ2v) is 3.99. The van der Waals surface area contributed by atoms with Crippen molar-refractivity contribution in [3.8, 4) is 0 Å². The molecule has 3 nitrogen and oxygen atoms in total. The van der Waals surface area contributed by atoms with Gasteiger partial charge >= 0.3 is 6.18 Å². The van der Waals surface area contributed by atoms with E-state index in [9.17, 15) is 13.2 Å². The van der Waals surface area contributed by atoms with E-state index in [1.54, 1.807) is 24.3 Å². The number of rotatable bonds is 3. The highest BCUT2D eigenvalue weighted by Crippen LogP contribution is 2.30. The van der Waals surface area contributed by atoms with E-state index in [4.69, 9.17) is 5.73 Å². The first-order chi connectivity index (χ1) is 8.95. The number of benzene rings is 1. The quantitative estimate of drug-likeness (QED) is 0.897. The topological polar surface area (TPSA) is 50.9 Å². The summed E-state index contributed by atoms with van der Waals surface area (Å²) < 4.78 is 37.6. The average Bonchev–Trinajstić information content (AvgIpc) is 2.36. The summed E-state index contributed by atoms with van der Waals surface area (Å²) in [6, 6.07) is 10.2. The molecule has 1 aromatic heterocycles. The van der Waals surface area contributed by atoms with Crippen LogP contribution in [0.25, 0.3) is 0 Å². The molecule has 0 aliphatic carbocycles. The Kier molecular flexibility index (Phi) is 3.59. The predicted octanol–water partition coefficient (Wildman–Crippen LogP) is 3.29. The second kappa shape index (κ2) is 5.17. The molecule has 0 atom stereocenters. The molecule has 2 aromatic rings. The first kappa shape index (κ1) is 13.2. The number of halogens is 3. The Bertz CT molecular complexity index is 567. The Balaban J connectivity index is 2.08. The van der Waals surface area contributed by atoms with Crippen LogP contribution in [0.2, 0.25) is 0 Å². The van der Waals surface area contributed by atoms with E-state index < -0.39 is 11.7 Å². The number of nitrogens with one attached hydrogen (secondary N) is 1. The van der Waals surface area contributed by atoms with Crippen LogP contribution in [0.5, 0.6) is 0 Å². The molecule has 6 heteroatoms. The molecule has 0 radical (unpaired) electrons. The highest BCUT2D eigenvalue weighted by atomic mass is 19.4. The van der Waals surface area contributed by atoms with Crippen LogP contribution < -0.4 is 11.1 Å². The lowest BCUT2D eigenvalue weighted by atomic mass is 10.2. The first-order valence-corrected chi connectivity index (χ1v) is 5.58. The minimum absolute atomic E-state index is 0.312. The number of nitrogen functional groups attached to an aromatic ring is 1. The van der Waals surface area contributed by atoms with Crippen molar-refractivity contribution in [1.82, 2.24) is 4.98 Å². The van der Waals surface area contributed by atoms with Crippen molar-refractivity contribution in [3.63, 3.8) is 0 Å². The molecule has 2 rings (SSSR count). The summed E-state index contributed by atoms with van der Waals surface area (Å²) in [5.74, 6) is 0.378. The summed E-state index contributed by atoms with van der Waals surface area (Å²) in [5.41, 5.74) is 5.89. The van der Waals surface area contributed by atoms with Gasteiger partial charge in [0.2, 0.25) is 0 Å². The van der Waals surface area contributed by atoms with Crippen LogP contribution in [0, 0.1) is 0 Å². The van der Waals surface area contributed by atoms with E-state index in [0.29, 0.717) is 23.7 Å². The summed E-state index contributed by atoms with van der Waals surface area (Å²) in [6.07, 6.45) is -4.34. The molecule has 19 heavy (non-hydrogen) atoms. The minimum atomic E-state index is -4.34. The number of aromatic nitrogens is 1. The van der Waals surface area contributed by atoms with E-state index in [0.717, 1.165) is 12.1 Å². The molecule has 0 bridgehead atoms. The summed E-state index contributed by atoms with van der Waals surface area (Å²) in [4.78, 5) is 4.05. The maximum atomic E-state index is 12.5. The molecule has 1 aromatic carbocycles. The fourth-order valence-corrected chi connectivity index (χ4v) is 1.59. The van der Waals surface area contributed by atoms with Crippen LogP contribution >= 0.6 is 0 Å². The maximum absolute atomic E-state index is 12.5. The third kappa shape index (κ3) is 3.61. The van der Waals surface area contributed by atoms with Crippen molar-refractivity contribution in [2.24, 2.45) is 0 Å². The van der Waals surface area contributed by atoms with Crippen molar-refractivity contribution in [2.45, 2.75) is 12.7 Å². The van der Waals surface area contributed by atoms with E-state index >= 15 is 0 Å². The van der Waals surface area contributed by atoms with Gasteiger partial charge in [0.15, 0.2) is 0 Å². The zero-order valence-electron chi connectivity index (χ0n) is 9.91. The molecule has 0 saturated carbocycles. The number of pyridine rings is 1. The van der Waals surface area contributed by atoms with Gasteiger partial charge in [0.05, 0.1) is 17.8 Å². The van der Waals surface area contributed by atoms with E-state index in [1.807, 2.05) is 0 Å². The molecular weight excluding hydrogens is 255 g/mol. The average molecular weight is 267 g/mol. The third-order valence-electron chi connectivity index (χ3n) is 2.49. The molecule has 0 spiro atoms. The van der Waals surface area contributed by atoms with Gasteiger partial charge in [-0.15, -0.1) is 0 Å². The van der Waals surface area contributed by atoms with Gasteiger partial charge in [0.25, 0.3) is 0 Å². The molecule has 0 aliphatic rings. The normalized spacial score (nSPS) is 11.3. The number of hydrogen-bond acceptors (Lipinski definition) is 3. The van der Waals surface area contributed by atoms with Crippen LogP contribution in [-0.2, 0) is 12.7 Å². The van der Waals surface area contributed by atoms with Gasteiger partial charge in [0, 0.05) is 5.69 Å². The lowest BCUT2D eigenvalue weighted by molar-refractivity contribution is -0.137. The Labute approximate surface area is 108 Å². The molecule has 0 aliphatic heterocycles. The van der Waals surface area contributed by atoms with Gasteiger partial charge < -0.3 is 11.1 Å². The summed E-state index contributed by atoms with van der Waals surface area (Å²) in [6.45, 7) is 0.312. The fraction of sp³-hybridized carbons (Fsp3) is 0.154. The van der Waals surface area contributed by atoms with Crippen LogP contribution in [0.4, 0.5) is 24.7 Å². The molecule has 0 fully saturated rings. The van der Waals surface area contributed by atoms with E-state index in [-0.39, 0.29) is 0 Å². The van der Waals surface area contributed by atoms with Crippen molar-refractivity contribution < 1.29 is 13.2 Å². The van der Waals surface area contributed by atoms with Gasteiger partial charge in [-0.05, 0) is 30.3 Å². The third-order valence-corrected chi connectivity index (χ3v) is 2.49.